The minimum Gasteiger partial charge on any atom is -0.348 e. The smallest absolute Gasteiger partial charge is 0.253 e. The normalized spacial score (nSPS) is 17.5. The van der Waals surface area contributed by atoms with Gasteiger partial charge in [-0.1, -0.05) is 18.2 Å². The van der Waals surface area contributed by atoms with Crippen molar-refractivity contribution in [3.05, 3.63) is 59.9 Å². The van der Waals surface area contributed by atoms with Gasteiger partial charge >= 0.3 is 0 Å². The molecule has 0 bridgehead atoms. The molecular formula is C20H24N4O4S. The number of nitrogens with one attached hydrogen (secondary N) is 2. The molecule has 3 rings (SSSR count). The fourth-order valence-electron chi connectivity index (χ4n) is 3.26. The van der Waals surface area contributed by atoms with Crippen LogP contribution in [0.15, 0.2) is 48.8 Å². The van der Waals surface area contributed by atoms with Gasteiger partial charge in [-0.3, -0.25) is 14.6 Å². The number of piperidine rings is 1. The van der Waals surface area contributed by atoms with Crippen molar-refractivity contribution in [2.45, 2.75) is 19.4 Å². The first-order valence-electron chi connectivity index (χ1n) is 9.36. The number of hydrogen-bond acceptors (Lipinski definition) is 5. The van der Waals surface area contributed by atoms with Gasteiger partial charge < -0.3 is 10.6 Å². The summed E-state index contributed by atoms with van der Waals surface area (Å²) >= 11 is 0. The van der Waals surface area contributed by atoms with Crippen molar-refractivity contribution >= 4 is 27.5 Å². The summed E-state index contributed by atoms with van der Waals surface area (Å²) in [5.74, 6) is -1.05. The molecule has 1 aromatic carbocycles. The van der Waals surface area contributed by atoms with E-state index in [0.717, 1.165) is 11.8 Å². The number of hydrogen-bond donors (Lipinski definition) is 2. The van der Waals surface area contributed by atoms with Crippen LogP contribution < -0.4 is 10.6 Å². The van der Waals surface area contributed by atoms with Crippen molar-refractivity contribution in [3.63, 3.8) is 0 Å². The van der Waals surface area contributed by atoms with E-state index in [2.05, 4.69) is 15.6 Å². The lowest BCUT2D eigenvalue weighted by molar-refractivity contribution is -0.120. The molecule has 1 atom stereocenters. The highest BCUT2D eigenvalue weighted by atomic mass is 32.2. The third kappa shape index (κ3) is 5.61. The van der Waals surface area contributed by atoms with Crippen molar-refractivity contribution < 1.29 is 18.0 Å². The molecule has 1 aliphatic heterocycles. The molecule has 2 amide bonds. The van der Waals surface area contributed by atoms with E-state index in [1.165, 1.54) is 4.31 Å². The molecule has 154 valence electrons. The summed E-state index contributed by atoms with van der Waals surface area (Å²) in [4.78, 5) is 29.3. The number of pyridine rings is 1. The van der Waals surface area contributed by atoms with E-state index in [1.807, 2.05) is 6.07 Å². The Labute approximate surface area is 170 Å². The molecule has 2 N–H and O–H groups in total. The second kappa shape index (κ2) is 9.15. The summed E-state index contributed by atoms with van der Waals surface area (Å²) in [5.41, 5.74) is 1.61. The Morgan fingerprint density at radius 2 is 2.00 bits per heavy atom. The van der Waals surface area contributed by atoms with Crippen LogP contribution in [0.2, 0.25) is 0 Å². The van der Waals surface area contributed by atoms with E-state index >= 15 is 0 Å². The van der Waals surface area contributed by atoms with Crippen LogP contribution in [-0.4, -0.2) is 48.9 Å². The van der Waals surface area contributed by atoms with Crippen molar-refractivity contribution in [3.8, 4) is 0 Å². The van der Waals surface area contributed by atoms with Gasteiger partial charge in [0, 0.05) is 32.0 Å². The second-order valence-corrected chi connectivity index (χ2v) is 9.02. The lowest BCUT2D eigenvalue weighted by Gasteiger charge is -2.30. The fraction of sp³-hybridized carbons (Fsp3) is 0.350. The Morgan fingerprint density at radius 1 is 1.21 bits per heavy atom. The van der Waals surface area contributed by atoms with Gasteiger partial charge in [0.15, 0.2) is 0 Å². The predicted octanol–water partition coefficient (Wildman–Crippen LogP) is 1.62. The van der Waals surface area contributed by atoms with Crippen LogP contribution in [-0.2, 0) is 21.4 Å². The molecule has 0 saturated carbocycles. The molecule has 29 heavy (non-hydrogen) atoms. The average molecular weight is 417 g/mol. The van der Waals surface area contributed by atoms with E-state index in [1.54, 1.807) is 42.7 Å². The van der Waals surface area contributed by atoms with Crippen LogP contribution >= 0.6 is 0 Å². The van der Waals surface area contributed by atoms with Crippen molar-refractivity contribution in [2.75, 3.05) is 24.7 Å². The molecule has 0 unspecified atom stereocenters. The van der Waals surface area contributed by atoms with E-state index in [-0.39, 0.29) is 18.4 Å². The lowest BCUT2D eigenvalue weighted by Crippen LogP contribution is -2.43. The third-order valence-electron chi connectivity index (χ3n) is 4.83. The maximum Gasteiger partial charge on any atom is 0.253 e. The maximum atomic E-state index is 12.7. The SMILES string of the molecule is CS(=O)(=O)N1CCC[C@@H](C(=O)Nc2ccccc2C(=O)NCc2cccnc2)C1. The Morgan fingerprint density at radius 3 is 2.72 bits per heavy atom. The number of rotatable bonds is 6. The highest BCUT2D eigenvalue weighted by molar-refractivity contribution is 7.88. The Balaban J connectivity index is 1.67. The zero-order chi connectivity index (χ0) is 20.9. The molecule has 2 heterocycles. The number of aromatic nitrogens is 1. The second-order valence-electron chi connectivity index (χ2n) is 7.04. The number of benzene rings is 1. The Kier molecular flexibility index (Phi) is 6.60. The summed E-state index contributed by atoms with van der Waals surface area (Å²) in [6.07, 6.45) is 5.71. The molecule has 2 aromatic rings. The lowest BCUT2D eigenvalue weighted by atomic mass is 9.98. The van der Waals surface area contributed by atoms with Gasteiger partial charge in [0.1, 0.15) is 0 Å². The van der Waals surface area contributed by atoms with Gasteiger partial charge in [0.25, 0.3) is 5.91 Å². The molecule has 8 nitrogen and oxygen atoms in total. The number of carbonyl (C=O) groups excluding carboxylic acids is 2. The average Bonchev–Trinajstić information content (AvgIpc) is 2.72. The third-order valence-corrected chi connectivity index (χ3v) is 6.10. The van der Waals surface area contributed by atoms with E-state index < -0.39 is 15.9 Å². The van der Waals surface area contributed by atoms with Crippen LogP contribution in [0.4, 0.5) is 5.69 Å². The number of nitrogens with zero attached hydrogens (tertiary/aromatic N) is 2. The Hall–Kier alpha value is -2.78. The first-order valence-corrected chi connectivity index (χ1v) is 11.2. The number of carbonyl (C=O) groups is 2. The summed E-state index contributed by atoms with van der Waals surface area (Å²) in [7, 11) is -3.34. The predicted molar refractivity (Wildman–Crippen MR) is 110 cm³/mol. The Bertz CT molecular complexity index is 979. The van der Waals surface area contributed by atoms with Gasteiger partial charge in [-0.2, -0.15) is 0 Å². The molecule has 9 heteroatoms. The van der Waals surface area contributed by atoms with Gasteiger partial charge in [-0.05, 0) is 36.6 Å². The zero-order valence-electron chi connectivity index (χ0n) is 16.2. The van der Waals surface area contributed by atoms with Gasteiger partial charge in [0.2, 0.25) is 15.9 Å². The fourth-order valence-corrected chi connectivity index (χ4v) is 4.17. The molecule has 0 aliphatic carbocycles. The van der Waals surface area contributed by atoms with Crippen LogP contribution in [0.5, 0.6) is 0 Å². The summed E-state index contributed by atoms with van der Waals surface area (Å²) in [6, 6.07) is 10.4. The minimum absolute atomic E-state index is 0.153. The van der Waals surface area contributed by atoms with E-state index in [4.69, 9.17) is 0 Å². The first kappa shape index (κ1) is 20.9. The number of anilines is 1. The van der Waals surface area contributed by atoms with E-state index in [9.17, 15) is 18.0 Å². The summed E-state index contributed by atoms with van der Waals surface area (Å²) < 4.78 is 24.9. The van der Waals surface area contributed by atoms with Crippen LogP contribution in [0.1, 0.15) is 28.8 Å². The molecule has 1 fully saturated rings. The van der Waals surface area contributed by atoms with Crippen molar-refractivity contribution in [1.82, 2.24) is 14.6 Å². The van der Waals surface area contributed by atoms with Crippen molar-refractivity contribution in [1.29, 1.82) is 0 Å². The molecule has 1 saturated heterocycles. The standard InChI is InChI=1S/C20H24N4O4S/c1-29(27,28)24-11-5-7-16(14-24)19(25)23-18-9-3-2-8-17(18)20(26)22-13-15-6-4-10-21-12-15/h2-4,6,8-10,12,16H,5,7,11,13-14H2,1H3,(H,22,26)(H,23,25)/t16-/m1/s1. The molecule has 1 aromatic heterocycles. The van der Waals surface area contributed by atoms with Crippen LogP contribution in [0.25, 0.3) is 0 Å². The summed E-state index contributed by atoms with van der Waals surface area (Å²) in [5, 5.41) is 5.62. The topological polar surface area (TPSA) is 108 Å². The minimum atomic E-state index is -3.34. The van der Waals surface area contributed by atoms with Gasteiger partial charge in [-0.15, -0.1) is 0 Å². The number of sulfonamides is 1. The zero-order valence-corrected chi connectivity index (χ0v) is 17.0. The quantitative estimate of drug-likeness (QED) is 0.744. The monoisotopic (exact) mass is 416 g/mol. The molecular weight excluding hydrogens is 392 g/mol. The van der Waals surface area contributed by atoms with Gasteiger partial charge in [-0.25, -0.2) is 12.7 Å². The summed E-state index contributed by atoms with van der Waals surface area (Å²) in [6.45, 7) is 0.900. The molecule has 0 radical (unpaired) electrons. The van der Waals surface area contributed by atoms with Crippen molar-refractivity contribution in [2.24, 2.45) is 5.92 Å². The van der Waals surface area contributed by atoms with Crippen LogP contribution in [0.3, 0.4) is 0 Å². The number of amides is 2. The largest absolute Gasteiger partial charge is 0.348 e. The first-order chi connectivity index (χ1) is 13.8. The number of para-hydroxylation sites is 1. The van der Waals surface area contributed by atoms with E-state index in [0.29, 0.717) is 37.2 Å². The van der Waals surface area contributed by atoms with Crippen LogP contribution in [0, 0.1) is 5.92 Å². The maximum absolute atomic E-state index is 12.7. The molecule has 0 spiro atoms. The van der Waals surface area contributed by atoms with Gasteiger partial charge in [0.05, 0.1) is 23.4 Å². The highest BCUT2D eigenvalue weighted by Gasteiger charge is 2.30. The highest BCUT2D eigenvalue weighted by Crippen LogP contribution is 2.22. The molecule has 1 aliphatic rings.